The van der Waals surface area contributed by atoms with E-state index in [1.54, 1.807) is 0 Å². The second-order valence-electron chi connectivity index (χ2n) is 4.17. The van der Waals surface area contributed by atoms with Crippen LogP contribution < -0.4 is 5.32 Å². The van der Waals surface area contributed by atoms with E-state index >= 15 is 0 Å². The zero-order chi connectivity index (χ0) is 14.4. The van der Waals surface area contributed by atoms with E-state index in [0.717, 1.165) is 6.42 Å². The second-order valence-corrected chi connectivity index (χ2v) is 4.60. The van der Waals surface area contributed by atoms with Gasteiger partial charge in [-0.05, 0) is 24.6 Å². The molecule has 5 nitrogen and oxygen atoms in total. The molecule has 104 valence electrons. The molecule has 1 aromatic carbocycles. The highest BCUT2D eigenvalue weighted by Crippen LogP contribution is 2.21. The maximum atomic E-state index is 11.9. The number of unbranched alkanes of at least 4 members (excludes halogenated alkanes) is 1. The van der Waals surface area contributed by atoms with Gasteiger partial charge in [-0.25, -0.2) is 4.79 Å². The molecular weight excluding hydrogens is 270 g/mol. The number of hydrogen-bond donors (Lipinski definition) is 3. The molecule has 0 aliphatic heterocycles. The Kier molecular flexibility index (Phi) is 5.63. The average Bonchev–Trinajstić information content (AvgIpc) is 2.33. The number of carboxylic acid groups (broad SMARTS) is 1. The van der Waals surface area contributed by atoms with Gasteiger partial charge in [-0.15, -0.1) is 0 Å². The molecule has 3 N–H and O–H groups in total. The molecule has 0 aliphatic carbocycles. The van der Waals surface area contributed by atoms with Crippen LogP contribution in [0.1, 0.15) is 36.5 Å². The van der Waals surface area contributed by atoms with Gasteiger partial charge < -0.3 is 15.5 Å². The van der Waals surface area contributed by atoms with Gasteiger partial charge in [0.25, 0.3) is 5.91 Å². The molecule has 6 heteroatoms. The van der Waals surface area contributed by atoms with Crippen LogP contribution in [0.15, 0.2) is 18.2 Å². The van der Waals surface area contributed by atoms with Crippen molar-refractivity contribution in [3.05, 3.63) is 28.8 Å². The number of aromatic hydroxyl groups is 1. The number of carbonyl (C=O) groups excluding carboxylic acids is 1. The van der Waals surface area contributed by atoms with Gasteiger partial charge in [0.05, 0.1) is 5.56 Å². The first-order valence-corrected chi connectivity index (χ1v) is 6.35. The molecule has 1 atom stereocenters. The van der Waals surface area contributed by atoms with Crippen LogP contribution in [0, 0.1) is 0 Å². The number of carbonyl (C=O) groups is 2. The van der Waals surface area contributed by atoms with E-state index in [2.05, 4.69) is 5.32 Å². The molecule has 1 amide bonds. The summed E-state index contributed by atoms with van der Waals surface area (Å²) in [6, 6.07) is 3.09. The minimum atomic E-state index is -1.09. The second kappa shape index (κ2) is 6.99. The van der Waals surface area contributed by atoms with Crippen molar-refractivity contribution in [3.8, 4) is 5.75 Å². The van der Waals surface area contributed by atoms with E-state index in [9.17, 15) is 14.7 Å². The Hall–Kier alpha value is -1.75. The van der Waals surface area contributed by atoms with Crippen molar-refractivity contribution < 1.29 is 19.8 Å². The molecule has 0 saturated carbocycles. The molecule has 0 aliphatic rings. The maximum Gasteiger partial charge on any atom is 0.326 e. The number of rotatable bonds is 6. The normalized spacial score (nSPS) is 11.9. The monoisotopic (exact) mass is 285 g/mol. The topological polar surface area (TPSA) is 86.6 Å². The first-order valence-electron chi connectivity index (χ1n) is 5.98. The van der Waals surface area contributed by atoms with E-state index in [4.69, 9.17) is 16.7 Å². The Balaban J connectivity index is 2.78. The summed E-state index contributed by atoms with van der Waals surface area (Å²) in [5.74, 6) is -1.99. The number of hydrogen-bond acceptors (Lipinski definition) is 3. The van der Waals surface area contributed by atoms with Gasteiger partial charge >= 0.3 is 5.97 Å². The third-order valence-electron chi connectivity index (χ3n) is 2.65. The highest BCUT2D eigenvalue weighted by Gasteiger charge is 2.21. The number of phenols is 1. The Morgan fingerprint density at radius 1 is 1.42 bits per heavy atom. The summed E-state index contributed by atoms with van der Waals surface area (Å²) in [4.78, 5) is 22.9. The lowest BCUT2D eigenvalue weighted by Crippen LogP contribution is -2.40. The molecule has 1 aromatic rings. The molecule has 1 rings (SSSR count). The molecule has 0 fully saturated rings. The van der Waals surface area contributed by atoms with Crippen molar-refractivity contribution in [2.75, 3.05) is 0 Å². The van der Waals surface area contributed by atoms with Crippen LogP contribution in [-0.4, -0.2) is 28.1 Å². The summed E-state index contributed by atoms with van der Waals surface area (Å²) >= 11 is 5.66. The molecule has 0 spiro atoms. The minimum Gasteiger partial charge on any atom is -0.507 e. The van der Waals surface area contributed by atoms with E-state index in [1.807, 2.05) is 6.92 Å². The molecule has 19 heavy (non-hydrogen) atoms. The van der Waals surface area contributed by atoms with Gasteiger partial charge in [-0.1, -0.05) is 31.4 Å². The highest BCUT2D eigenvalue weighted by atomic mass is 35.5. The summed E-state index contributed by atoms with van der Waals surface area (Å²) in [6.07, 6.45) is 1.89. The van der Waals surface area contributed by atoms with E-state index < -0.39 is 17.9 Å². The van der Waals surface area contributed by atoms with Crippen LogP contribution >= 0.6 is 11.6 Å². The zero-order valence-corrected chi connectivity index (χ0v) is 11.3. The SMILES string of the molecule is CCCCC(NC(=O)c1ccc(Cl)cc1O)C(=O)O. The predicted molar refractivity (Wildman–Crippen MR) is 71.5 cm³/mol. The minimum absolute atomic E-state index is 0.00662. The zero-order valence-electron chi connectivity index (χ0n) is 10.5. The van der Waals surface area contributed by atoms with Crippen LogP contribution in [0.3, 0.4) is 0 Å². The standard InChI is InChI=1S/C13H16ClNO4/c1-2-3-4-10(13(18)19)15-12(17)9-6-5-8(14)7-11(9)16/h5-7,10,16H,2-4H2,1H3,(H,15,17)(H,18,19). The molecule has 1 unspecified atom stereocenters. The first kappa shape index (κ1) is 15.3. The van der Waals surface area contributed by atoms with E-state index in [0.29, 0.717) is 17.9 Å². The smallest absolute Gasteiger partial charge is 0.326 e. The fourth-order valence-corrected chi connectivity index (χ4v) is 1.76. The summed E-state index contributed by atoms with van der Waals surface area (Å²) < 4.78 is 0. The molecule has 0 bridgehead atoms. The third-order valence-corrected chi connectivity index (χ3v) is 2.89. The Labute approximate surface area is 116 Å². The van der Waals surface area contributed by atoms with Crippen LogP contribution in [0.25, 0.3) is 0 Å². The predicted octanol–water partition coefficient (Wildman–Crippen LogP) is 2.42. The number of aliphatic carboxylic acids is 1. The lowest BCUT2D eigenvalue weighted by Gasteiger charge is -2.14. The fourth-order valence-electron chi connectivity index (χ4n) is 1.60. The van der Waals surface area contributed by atoms with Crippen LogP contribution in [-0.2, 0) is 4.79 Å². The molecular formula is C13H16ClNO4. The number of amides is 1. The molecule has 0 aromatic heterocycles. The number of carboxylic acids is 1. The van der Waals surface area contributed by atoms with Crippen molar-refractivity contribution in [1.29, 1.82) is 0 Å². The van der Waals surface area contributed by atoms with Crippen LogP contribution in [0.4, 0.5) is 0 Å². The largest absolute Gasteiger partial charge is 0.507 e. The number of benzene rings is 1. The first-order chi connectivity index (χ1) is 8.95. The number of phenolic OH excluding ortho intramolecular Hbond substituents is 1. The van der Waals surface area contributed by atoms with Gasteiger partial charge in [0.1, 0.15) is 11.8 Å². The number of halogens is 1. The van der Waals surface area contributed by atoms with E-state index in [1.165, 1.54) is 18.2 Å². The van der Waals surface area contributed by atoms with Gasteiger partial charge in [0, 0.05) is 5.02 Å². The lowest BCUT2D eigenvalue weighted by molar-refractivity contribution is -0.139. The molecule has 0 radical (unpaired) electrons. The van der Waals surface area contributed by atoms with Gasteiger partial charge in [0.15, 0.2) is 0 Å². The summed E-state index contributed by atoms with van der Waals surface area (Å²) in [6.45, 7) is 1.94. The van der Waals surface area contributed by atoms with Crippen molar-refractivity contribution in [1.82, 2.24) is 5.32 Å². The average molecular weight is 286 g/mol. The fraction of sp³-hybridized carbons (Fsp3) is 0.385. The Morgan fingerprint density at radius 3 is 2.63 bits per heavy atom. The van der Waals surface area contributed by atoms with Gasteiger partial charge in [-0.3, -0.25) is 4.79 Å². The van der Waals surface area contributed by atoms with Crippen molar-refractivity contribution in [2.24, 2.45) is 0 Å². The van der Waals surface area contributed by atoms with Crippen LogP contribution in [0.2, 0.25) is 5.02 Å². The quantitative estimate of drug-likeness (QED) is 0.749. The maximum absolute atomic E-state index is 11.9. The highest BCUT2D eigenvalue weighted by molar-refractivity contribution is 6.30. The van der Waals surface area contributed by atoms with Gasteiger partial charge in [0.2, 0.25) is 0 Å². The lowest BCUT2D eigenvalue weighted by atomic mass is 10.1. The van der Waals surface area contributed by atoms with Crippen molar-refractivity contribution >= 4 is 23.5 Å². The molecule has 0 heterocycles. The Bertz CT molecular complexity index is 476. The summed E-state index contributed by atoms with van der Waals surface area (Å²) in [7, 11) is 0. The summed E-state index contributed by atoms with van der Waals surface area (Å²) in [5.41, 5.74) is 0.00662. The van der Waals surface area contributed by atoms with Crippen LogP contribution in [0.5, 0.6) is 5.75 Å². The van der Waals surface area contributed by atoms with Crippen molar-refractivity contribution in [3.63, 3.8) is 0 Å². The Morgan fingerprint density at radius 2 is 2.11 bits per heavy atom. The van der Waals surface area contributed by atoms with Crippen molar-refractivity contribution in [2.45, 2.75) is 32.2 Å². The van der Waals surface area contributed by atoms with Gasteiger partial charge in [-0.2, -0.15) is 0 Å². The number of nitrogens with one attached hydrogen (secondary N) is 1. The third kappa shape index (κ3) is 4.44. The summed E-state index contributed by atoms with van der Waals surface area (Å²) in [5, 5.41) is 21.3. The molecule has 0 saturated heterocycles. The van der Waals surface area contributed by atoms with E-state index in [-0.39, 0.29) is 11.3 Å².